The Morgan fingerprint density at radius 3 is 1.81 bits per heavy atom. The van der Waals surface area contributed by atoms with Gasteiger partial charge in [-0.2, -0.15) is 0 Å². The van der Waals surface area contributed by atoms with Crippen LogP contribution < -0.4 is 0 Å². The second-order valence-electron chi connectivity index (χ2n) is 7.62. The van der Waals surface area contributed by atoms with Crippen LogP contribution in [-0.4, -0.2) is 61.0 Å². The van der Waals surface area contributed by atoms with Crippen LogP contribution in [0.15, 0.2) is 30.3 Å². The van der Waals surface area contributed by atoms with Crippen LogP contribution in [0.2, 0.25) is 0 Å². The average molecular weight is 450 g/mol. The first-order valence-corrected chi connectivity index (χ1v) is 10.5. The fraction of sp³-hybridized carbons (Fsp3) is 0.565. The maximum absolute atomic E-state index is 11.8. The zero-order chi connectivity index (χ0) is 23.7. The van der Waals surface area contributed by atoms with Crippen molar-refractivity contribution in [3.05, 3.63) is 35.9 Å². The largest absolute Gasteiger partial charge is 0.463 e. The summed E-state index contributed by atoms with van der Waals surface area (Å²) >= 11 is 0. The molecule has 0 spiro atoms. The zero-order valence-corrected chi connectivity index (χ0v) is 18.8. The van der Waals surface area contributed by atoms with Crippen LogP contribution in [0.4, 0.5) is 0 Å². The van der Waals surface area contributed by atoms with Crippen LogP contribution in [0.5, 0.6) is 0 Å². The molecule has 0 aromatic heterocycles. The van der Waals surface area contributed by atoms with Crippen LogP contribution in [-0.2, 0) is 49.3 Å². The van der Waals surface area contributed by atoms with Crippen molar-refractivity contribution in [2.45, 2.75) is 77.5 Å². The molecule has 0 unspecified atom stereocenters. The fourth-order valence-corrected chi connectivity index (χ4v) is 3.70. The van der Waals surface area contributed by atoms with Crippen molar-refractivity contribution < 1.29 is 42.9 Å². The van der Waals surface area contributed by atoms with E-state index in [1.54, 1.807) is 0 Å². The highest BCUT2D eigenvalue weighted by atomic mass is 16.7. The van der Waals surface area contributed by atoms with E-state index in [1.807, 2.05) is 30.3 Å². The van der Waals surface area contributed by atoms with Crippen molar-refractivity contribution in [3.63, 3.8) is 0 Å². The molecule has 1 aliphatic heterocycles. The smallest absolute Gasteiger partial charge is 0.303 e. The van der Waals surface area contributed by atoms with Gasteiger partial charge in [0.1, 0.15) is 12.7 Å². The molecule has 1 saturated heterocycles. The van der Waals surface area contributed by atoms with Crippen LogP contribution in [0, 0.1) is 0 Å². The van der Waals surface area contributed by atoms with Gasteiger partial charge in [0, 0.05) is 27.7 Å². The number of carbonyl (C=O) groups excluding carboxylic acids is 4. The molecule has 9 heteroatoms. The molecule has 1 aromatic rings. The van der Waals surface area contributed by atoms with Gasteiger partial charge in [-0.25, -0.2) is 0 Å². The number of carbonyl (C=O) groups is 4. The Labute approximate surface area is 187 Å². The van der Waals surface area contributed by atoms with E-state index in [0.717, 1.165) is 12.0 Å². The van der Waals surface area contributed by atoms with E-state index in [4.69, 9.17) is 23.7 Å². The summed E-state index contributed by atoms with van der Waals surface area (Å²) in [5.41, 5.74) is 1.14. The van der Waals surface area contributed by atoms with E-state index in [0.29, 0.717) is 12.8 Å². The molecule has 2 rings (SSSR count). The number of benzene rings is 1. The van der Waals surface area contributed by atoms with Crippen molar-refractivity contribution >= 4 is 23.9 Å². The molecule has 0 amide bonds. The topological polar surface area (TPSA) is 114 Å². The second kappa shape index (κ2) is 12.2. The molecular formula is C23H30O9. The zero-order valence-electron chi connectivity index (χ0n) is 18.8. The number of rotatable bonds is 9. The summed E-state index contributed by atoms with van der Waals surface area (Å²) in [6.45, 7) is 4.66. The molecule has 0 saturated carbocycles. The van der Waals surface area contributed by atoms with Gasteiger partial charge in [-0.15, -0.1) is 0 Å². The van der Waals surface area contributed by atoms with Gasteiger partial charge >= 0.3 is 23.9 Å². The maximum atomic E-state index is 11.8. The predicted molar refractivity (Wildman–Crippen MR) is 111 cm³/mol. The van der Waals surface area contributed by atoms with Crippen molar-refractivity contribution in [1.29, 1.82) is 0 Å². The van der Waals surface area contributed by atoms with Crippen molar-refractivity contribution in [2.24, 2.45) is 0 Å². The van der Waals surface area contributed by atoms with Gasteiger partial charge in [0.25, 0.3) is 0 Å². The van der Waals surface area contributed by atoms with Crippen LogP contribution in [0.3, 0.4) is 0 Å². The van der Waals surface area contributed by atoms with Gasteiger partial charge in [-0.05, 0) is 24.8 Å². The predicted octanol–water partition coefficient (Wildman–Crippen LogP) is 2.13. The van der Waals surface area contributed by atoms with Gasteiger partial charge in [0.15, 0.2) is 18.3 Å². The first-order valence-electron chi connectivity index (χ1n) is 10.5. The molecular weight excluding hydrogens is 420 g/mol. The highest BCUT2D eigenvalue weighted by Gasteiger charge is 2.51. The molecule has 176 valence electrons. The summed E-state index contributed by atoms with van der Waals surface area (Å²) in [6, 6.07) is 9.84. The molecule has 0 aliphatic carbocycles. The third kappa shape index (κ3) is 7.96. The lowest BCUT2D eigenvalue weighted by Gasteiger charge is -2.44. The van der Waals surface area contributed by atoms with Crippen LogP contribution >= 0.6 is 0 Å². The quantitative estimate of drug-likeness (QED) is 0.412. The van der Waals surface area contributed by atoms with Crippen molar-refractivity contribution in [3.8, 4) is 0 Å². The van der Waals surface area contributed by atoms with Gasteiger partial charge in [-0.3, -0.25) is 19.2 Å². The standard InChI is InChI=1S/C23H30O9/c1-14(24)28-13-20-22(30-16(3)26)23(31-17(4)27)21(29-15(2)25)19(32-20)12-8-11-18-9-6-5-7-10-18/h5-7,9-10,19-23H,8,11-13H2,1-4H3/t19-,20-,21+,22-,23-/m1/s1. The summed E-state index contributed by atoms with van der Waals surface area (Å²) in [6.07, 6.45) is -2.88. The molecule has 5 atom stereocenters. The molecule has 0 radical (unpaired) electrons. The van der Waals surface area contributed by atoms with Crippen LogP contribution in [0.1, 0.15) is 46.1 Å². The lowest BCUT2D eigenvalue weighted by atomic mass is 9.91. The van der Waals surface area contributed by atoms with Gasteiger partial charge in [0.2, 0.25) is 0 Å². The summed E-state index contributed by atoms with van der Waals surface area (Å²) in [5.74, 6) is -2.42. The van der Waals surface area contributed by atoms with Gasteiger partial charge in [-0.1, -0.05) is 30.3 Å². The first-order chi connectivity index (χ1) is 15.2. The lowest BCUT2D eigenvalue weighted by Crippen LogP contribution is -2.62. The molecule has 0 N–H and O–H groups in total. The number of esters is 4. The Hall–Kier alpha value is -2.94. The number of hydrogen-bond donors (Lipinski definition) is 0. The maximum Gasteiger partial charge on any atom is 0.303 e. The molecule has 1 fully saturated rings. The average Bonchev–Trinajstić information content (AvgIpc) is 2.70. The Balaban J connectivity index is 2.28. The number of ether oxygens (including phenoxy) is 5. The monoisotopic (exact) mass is 450 g/mol. The van der Waals surface area contributed by atoms with Crippen LogP contribution in [0.25, 0.3) is 0 Å². The van der Waals surface area contributed by atoms with E-state index in [-0.39, 0.29) is 6.61 Å². The Morgan fingerprint density at radius 1 is 0.750 bits per heavy atom. The van der Waals surface area contributed by atoms with E-state index in [1.165, 1.54) is 27.7 Å². The highest BCUT2D eigenvalue weighted by Crippen LogP contribution is 2.31. The number of hydrogen-bond acceptors (Lipinski definition) is 9. The first kappa shape index (κ1) is 25.3. The molecule has 0 bridgehead atoms. The van der Waals surface area contributed by atoms with E-state index < -0.39 is 54.4 Å². The molecule has 9 nitrogen and oxygen atoms in total. The van der Waals surface area contributed by atoms with Gasteiger partial charge < -0.3 is 23.7 Å². The number of aryl methyl sites for hydroxylation is 1. The van der Waals surface area contributed by atoms with E-state index in [2.05, 4.69) is 0 Å². The fourth-order valence-electron chi connectivity index (χ4n) is 3.70. The molecule has 32 heavy (non-hydrogen) atoms. The van der Waals surface area contributed by atoms with E-state index >= 15 is 0 Å². The minimum atomic E-state index is -1.12. The summed E-state index contributed by atoms with van der Waals surface area (Å²) in [5, 5.41) is 0. The third-order valence-electron chi connectivity index (χ3n) is 4.88. The van der Waals surface area contributed by atoms with Crippen molar-refractivity contribution in [2.75, 3.05) is 6.61 Å². The minimum absolute atomic E-state index is 0.215. The Morgan fingerprint density at radius 2 is 1.28 bits per heavy atom. The summed E-state index contributed by atoms with van der Waals surface area (Å²) < 4.78 is 27.4. The lowest BCUT2D eigenvalue weighted by molar-refractivity contribution is -0.253. The Kier molecular flexibility index (Phi) is 9.64. The third-order valence-corrected chi connectivity index (χ3v) is 4.88. The molecule has 1 aliphatic rings. The SMILES string of the molecule is CC(=O)OC[C@H]1O[C@H](CCCc2ccccc2)[C@H](OC(C)=O)[C@@H](OC(C)=O)[C@@H]1OC(C)=O. The molecule has 1 aromatic carbocycles. The van der Waals surface area contributed by atoms with Gasteiger partial charge in [0.05, 0.1) is 6.10 Å². The van der Waals surface area contributed by atoms with Crippen molar-refractivity contribution in [1.82, 2.24) is 0 Å². The molecule has 1 heterocycles. The normalized spacial score (nSPS) is 24.8. The Bertz CT molecular complexity index is 792. The van der Waals surface area contributed by atoms with E-state index in [9.17, 15) is 19.2 Å². The summed E-state index contributed by atoms with van der Waals surface area (Å²) in [7, 11) is 0. The summed E-state index contributed by atoms with van der Waals surface area (Å²) in [4.78, 5) is 46.7. The second-order valence-corrected chi connectivity index (χ2v) is 7.62. The minimum Gasteiger partial charge on any atom is -0.463 e. The highest BCUT2D eigenvalue weighted by molar-refractivity contribution is 5.68.